The minimum atomic E-state index is -1.18. The fourth-order valence-electron chi connectivity index (χ4n) is 4.27. The Bertz CT molecular complexity index is 1550. The molecule has 0 bridgehead atoms. The zero-order valence-corrected chi connectivity index (χ0v) is 21.0. The Balaban J connectivity index is 1.56. The summed E-state index contributed by atoms with van der Waals surface area (Å²) in [7, 11) is 0. The summed E-state index contributed by atoms with van der Waals surface area (Å²) in [5, 5.41) is 11.7. The summed E-state index contributed by atoms with van der Waals surface area (Å²) in [6, 6.07) is 29.2. The Kier molecular flexibility index (Phi) is 6.99. The number of benzene rings is 4. The molecule has 0 fully saturated rings. The van der Waals surface area contributed by atoms with E-state index < -0.39 is 17.9 Å². The second kappa shape index (κ2) is 10.5. The van der Waals surface area contributed by atoms with Gasteiger partial charge in [-0.15, -0.1) is 0 Å². The lowest BCUT2D eigenvalue weighted by Crippen LogP contribution is -2.47. The van der Waals surface area contributed by atoms with Crippen molar-refractivity contribution in [2.24, 2.45) is 0 Å². The molecule has 1 atom stereocenters. The Hall–Kier alpha value is -4.06. The highest BCUT2D eigenvalue weighted by Gasteiger charge is 2.33. The smallest absolute Gasteiger partial charge is 0.327 e. The number of para-hydroxylation sites is 1. The zero-order chi connectivity index (χ0) is 25.9. The molecule has 184 valence electrons. The first kappa shape index (κ1) is 24.6. The van der Waals surface area contributed by atoms with Crippen molar-refractivity contribution in [3.05, 3.63) is 124 Å². The molecule has 0 aliphatic carbocycles. The maximum Gasteiger partial charge on any atom is 0.327 e. The van der Waals surface area contributed by atoms with Gasteiger partial charge in [0.2, 0.25) is 0 Å². The summed E-state index contributed by atoms with van der Waals surface area (Å²) in [6.45, 7) is 0. The molecule has 1 amide bonds. The Morgan fingerprint density at radius 1 is 0.838 bits per heavy atom. The van der Waals surface area contributed by atoms with Crippen molar-refractivity contribution in [2.45, 2.75) is 12.5 Å². The van der Waals surface area contributed by atoms with E-state index >= 15 is 0 Å². The molecule has 0 saturated carbocycles. The van der Waals surface area contributed by atoms with Crippen LogP contribution in [-0.4, -0.2) is 23.0 Å². The molecule has 1 heterocycles. The van der Waals surface area contributed by atoms with Crippen LogP contribution in [-0.2, 0) is 11.2 Å². The highest BCUT2D eigenvalue weighted by Crippen LogP contribution is 2.32. The Morgan fingerprint density at radius 3 is 2.22 bits per heavy atom. The number of carboxylic acid groups (broad SMARTS) is 1. The van der Waals surface area contributed by atoms with Gasteiger partial charge in [0.1, 0.15) is 17.4 Å². The van der Waals surface area contributed by atoms with E-state index in [0.717, 1.165) is 22.1 Å². The molecule has 5 nitrogen and oxygen atoms in total. The number of carboxylic acids is 1. The van der Waals surface area contributed by atoms with Gasteiger partial charge >= 0.3 is 5.97 Å². The van der Waals surface area contributed by atoms with E-state index in [1.807, 2.05) is 60.7 Å². The topological polar surface area (TPSA) is 70.8 Å². The van der Waals surface area contributed by atoms with E-state index in [1.165, 1.54) is 17.0 Å². The number of halogens is 2. The van der Waals surface area contributed by atoms with Crippen molar-refractivity contribution in [3.63, 3.8) is 0 Å². The molecular formula is C30H21Cl2NO4. The van der Waals surface area contributed by atoms with Gasteiger partial charge in [-0.05, 0) is 60.2 Å². The van der Waals surface area contributed by atoms with Crippen LogP contribution in [0.15, 0.2) is 108 Å². The zero-order valence-electron chi connectivity index (χ0n) is 19.5. The molecule has 7 heteroatoms. The van der Waals surface area contributed by atoms with Crippen LogP contribution in [0.25, 0.3) is 22.3 Å². The first-order chi connectivity index (χ1) is 17.9. The highest BCUT2D eigenvalue weighted by atomic mass is 35.5. The predicted octanol–water partition coefficient (Wildman–Crippen LogP) is 7.75. The fraction of sp³-hybridized carbons (Fsp3) is 0.0667. The molecular weight excluding hydrogens is 509 g/mol. The van der Waals surface area contributed by atoms with E-state index in [4.69, 9.17) is 27.6 Å². The predicted molar refractivity (Wildman–Crippen MR) is 146 cm³/mol. The first-order valence-corrected chi connectivity index (χ1v) is 12.3. The monoisotopic (exact) mass is 529 g/mol. The maximum atomic E-state index is 13.8. The van der Waals surface area contributed by atoms with Crippen LogP contribution in [0, 0.1) is 0 Å². The van der Waals surface area contributed by atoms with Gasteiger partial charge in [0, 0.05) is 28.1 Å². The average Bonchev–Trinajstić information content (AvgIpc) is 3.33. The lowest BCUT2D eigenvalue weighted by Gasteiger charge is -2.30. The average molecular weight is 530 g/mol. The summed E-state index contributed by atoms with van der Waals surface area (Å²) >= 11 is 12.4. The minimum Gasteiger partial charge on any atom is -0.480 e. The fourth-order valence-corrected chi connectivity index (χ4v) is 4.76. The third-order valence-electron chi connectivity index (χ3n) is 6.10. The van der Waals surface area contributed by atoms with Crippen LogP contribution >= 0.6 is 23.2 Å². The lowest BCUT2D eigenvalue weighted by molar-refractivity contribution is -0.138. The van der Waals surface area contributed by atoms with E-state index in [9.17, 15) is 14.7 Å². The molecule has 1 aromatic heterocycles. The summed E-state index contributed by atoms with van der Waals surface area (Å²) in [5.74, 6) is -1.00. The molecule has 0 saturated heterocycles. The van der Waals surface area contributed by atoms with Crippen LogP contribution in [0.4, 0.5) is 5.69 Å². The SMILES string of the molecule is O=C(O)[C@H](Cc1ccccc1)N(C(=O)c1ccc(Cl)cc1Cl)c1ccc(-c2cc3ccccc3o2)cc1. The molecule has 0 spiro atoms. The number of nitrogens with zero attached hydrogens (tertiary/aromatic N) is 1. The van der Waals surface area contributed by atoms with Crippen LogP contribution in [0.5, 0.6) is 0 Å². The summed E-state index contributed by atoms with van der Waals surface area (Å²) in [4.78, 5) is 27.6. The van der Waals surface area contributed by atoms with Crippen molar-refractivity contribution < 1.29 is 19.1 Å². The van der Waals surface area contributed by atoms with E-state index in [1.54, 1.807) is 30.3 Å². The minimum absolute atomic E-state index is 0.110. The van der Waals surface area contributed by atoms with Crippen molar-refractivity contribution in [1.29, 1.82) is 0 Å². The number of furan rings is 1. The van der Waals surface area contributed by atoms with Crippen molar-refractivity contribution in [2.75, 3.05) is 4.90 Å². The Labute approximate surface area is 223 Å². The van der Waals surface area contributed by atoms with Gasteiger partial charge < -0.3 is 9.52 Å². The van der Waals surface area contributed by atoms with Gasteiger partial charge in [-0.2, -0.15) is 0 Å². The molecule has 5 rings (SSSR count). The van der Waals surface area contributed by atoms with Gasteiger partial charge in [0.15, 0.2) is 0 Å². The van der Waals surface area contributed by atoms with Gasteiger partial charge in [0.25, 0.3) is 5.91 Å². The van der Waals surface area contributed by atoms with Crippen LogP contribution in [0.2, 0.25) is 10.0 Å². The van der Waals surface area contributed by atoms with Crippen molar-refractivity contribution in [3.8, 4) is 11.3 Å². The quantitative estimate of drug-likeness (QED) is 0.234. The van der Waals surface area contributed by atoms with E-state index in [2.05, 4.69) is 0 Å². The normalized spacial score (nSPS) is 11.8. The van der Waals surface area contributed by atoms with E-state index in [0.29, 0.717) is 16.5 Å². The molecule has 1 N–H and O–H groups in total. The summed E-state index contributed by atoms with van der Waals surface area (Å²) in [6.07, 6.45) is 0.110. The molecule has 0 aliphatic heterocycles. The van der Waals surface area contributed by atoms with Crippen molar-refractivity contribution in [1.82, 2.24) is 0 Å². The molecule has 37 heavy (non-hydrogen) atoms. The number of hydrogen-bond donors (Lipinski definition) is 1. The Morgan fingerprint density at radius 2 is 1.54 bits per heavy atom. The lowest BCUT2D eigenvalue weighted by atomic mass is 10.0. The molecule has 0 radical (unpaired) electrons. The number of hydrogen-bond acceptors (Lipinski definition) is 3. The number of amides is 1. The number of aliphatic carboxylic acids is 1. The van der Waals surface area contributed by atoms with Crippen LogP contribution < -0.4 is 4.90 Å². The number of carbonyl (C=O) groups is 2. The second-order valence-corrected chi connectivity index (χ2v) is 9.38. The van der Waals surface area contributed by atoms with Crippen LogP contribution in [0.3, 0.4) is 0 Å². The summed E-state index contributed by atoms with van der Waals surface area (Å²) in [5.41, 5.74) is 2.93. The number of rotatable bonds is 7. The molecule has 0 unspecified atom stereocenters. The highest BCUT2D eigenvalue weighted by molar-refractivity contribution is 6.37. The number of carbonyl (C=O) groups excluding carboxylic acids is 1. The molecule has 5 aromatic rings. The third-order valence-corrected chi connectivity index (χ3v) is 6.65. The molecule has 0 aliphatic rings. The number of fused-ring (bicyclic) bond motifs is 1. The van der Waals surface area contributed by atoms with Crippen molar-refractivity contribution >= 4 is 51.7 Å². The molecule has 4 aromatic carbocycles. The third kappa shape index (κ3) is 5.24. The second-order valence-electron chi connectivity index (χ2n) is 8.54. The maximum absolute atomic E-state index is 13.8. The van der Waals surface area contributed by atoms with Gasteiger partial charge in [-0.25, -0.2) is 4.79 Å². The van der Waals surface area contributed by atoms with Gasteiger partial charge in [-0.3, -0.25) is 9.69 Å². The number of anilines is 1. The van der Waals surface area contributed by atoms with E-state index in [-0.39, 0.29) is 17.0 Å². The largest absolute Gasteiger partial charge is 0.480 e. The van der Waals surface area contributed by atoms with Gasteiger partial charge in [-0.1, -0.05) is 71.7 Å². The van der Waals surface area contributed by atoms with Crippen LogP contribution in [0.1, 0.15) is 15.9 Å². The van der Waals surface area contributed by atoms with Gasteiger partial charge in [0.05, 0.1) is 10.6 Å². The first-order valence-electron chi connectivity index (χ1n) is 11.5. The standard InChI is InChI=1S/C30H21Cl2NO4/c31-22-12-15-24(25(32)18-22)29(34)33(26(30(35)36)16-19-6-2-1-3-7-19)23-13-10-20(11-14-23)28-17-21-8-4-5-9-27(21)37-28/h1-15,17-18,26H,16H2,(H,35,36)/t26-/m0/s1. The summed E-state index contributed by atoms with van der Waals surface area (Å²) < 4.78 is 5.96.